The molecule has 532 valence electrons. The van der Waals surface area contributed by atoms with E-state index in [1.807, 2.05) is 21.1 Å². The van der Waals surface area contributed by atoms with E-state index < -0.39 is 20.0 Å². The largest absolute Gasteiger partial charge is 0.756 e. The van der Waals surface area contributed by atoms with E-state index in [9.17, 15) is 19.4 Å². The molecule has 91 heavy (non-hydrogen) atoms. The SMILES string of the molecule is CC/C=C\C/C=C\C/C=C\C/C=C\C/C=C\C/C=C\C/C=C\CCCCCCCCCCCCCCCCCC(=O)NC(COP(=O)([O-])OCC[N+](C)(C)C)C(O)CCCCCCCCCCCCCCCCCCCCCCCCCCCCCCCCCC. The maximum atomic E-state index is 13.1. The van der Waals surface area contributed by atoms with Crippen LogP contribution in [0.3, 0.4) is 0 Å². The number of hydrogen-bond donors (Lipinski definition) is 2. The third kappa shape index (κ3) is 74.9. The lowest BCUT2D eigenvalue weighted by Gasteiger charge is -2.30. The van der Waals surface area contributed by atoms with E-state index in [2.05, 4.69) is 104 Å². The van der Waals surface area contributed by atoms with Gasteiger partial charge in [-0.25, -0.2) is 0 Å². The third-order valence-electron chi connectivity index (χ3n) is 17.9. The molecule has 3 atom stereocenters. The Kier molecular flexibility index (Phi) is 70.1. The predicted octanol–water partition coefficient (Wildman–Crippen LogP) is 25.2. The Morgan fingerprint density at radius 2 is 0.670 bits per heavy atom. The number of carbonyl (C=O) groups is 1. The van der Waals surface area contributed by atoms with Gasteiger partial charge in [0.05, 0.1) is 39.9 Å². The summed E-state index contributed by atoms with van der Waals surface area (Å²) >= 11 is 0. The first-order valence-corrected chi connectivity index (χ1v) is 40.9. The molecule has 0 heterocycles. The first-order chi connectivity index (χ1) is 44.5. The molecular weight excluding hydrogens is 1140 g/mol. The standard InChI is InChI=1S/C82H153N2O6P/c1-6-8-10-12-14-16-18-20-22-24-26-28-30-32-34-36-38-40-41-42-43-44-46-48-50-52-54-56-58-60-62-64-66-68-70-72-74-76-82(86)83-80(79-90-91(87,88)89-78-77-84(3,4)5)81(85)75-73-71-69-67-65-63-61-59-57-55-53-51-49-47-45-39-37-35-33-31-29-27-25-23-21-19-17-15-13-11-9-7-2/h8,10,14,16,20,22,26,28,32,34,38,40,42-43,80-81,85H,6-7,9,11-13,15,17-19,21,23-25,27,29-31,33,35-37,39,41,44-79H2,1-5H3,(H-,83,86,87,88)/b10-8-,16-14-,22-20-,28-26-,34-32-,40-38-,43-42-. The fraction of sp³-hybridized carbons (Fsp3) is 0.817. The van der Waals surface area contributed by atoms with Crippen LogP contribution in [0.2, 0.25) is 0 Å². The number of likely N-dealkylation sites (N-methyl/N-ethyl adjacent to an activating group) is 1. The average Bonchev–Trinajstić information content (AvgIpc) is 3.42. The second-order valence-electron chi connectivity index (χ2n) is 28.0. The molecule has 0 aliphatic rings. The van der Waals surface area contributed by atoms with Crippen LogP contribution in [0.1, 0.15) is 380 Å². The maximum absolute atomic E-state index is 13.1. The van der Waals surface area contributed by atoms with Crippen LogP contribution in [-0.4, -0.2) is 68.5 Å². The highest BCUT2D eigenvalue weighted by atomic mass is 31.2. The van der Waals surface area contributed by atoms with Gasteiger partial charge >= 0.3 is 0 Å². The smallest absolute Gasteiger partial charge is 0.268 e. The molecule has 0 aliphatic heterocycles. The maximum Gasteiger partial charge on any atom is 0.268 e. The number of allylic oxidation sites excluding steroid dienone is 14. The van der Waals surface area contributed by atoms with Crippen LogP contribution in [-0.2, 0) is 18.4 Å². The molecule has 0 aromatic heterocycles. The number of nitrogens with one attached hydrogen (secondary N) is 1. The van der Waals surface area contributed by atoms with E-state index in [4.69, 9.17) is 9.05 Å². The third-order valence-corrected chi connectivity index (χ3v) is 18.9. The Morgan fingerprint density at radius 3 is 0.978 bits per heavy atom. The molecule has 3 unspecified atom stereocenters. The lowest BCUT2D eigenvalue weighted by atomic mass is 10.0. The van der Waals surface area contributed by atoms with Crippen molar-refractivity contribution in [3.05, 3.63) is 85.1 Å². The zero-order chi connectivity index (χ0) is 66.2. The molecule has 0 bridgehead atoms. The molecule has 2 N–H and O–H groups in total. The van der Waals surface area contributed by atoms with E-state index in [1.165, 1.54) is 270 Å². The summed E-state index contributed by atoms with van der Waals surface area (Å²) < 4.78 is 23.6. The number of nitrogens with zero attached hydrogens (tertiary/aromatic N) is 1. The lowest BCUT2D eigenvalue weighted by Crippen LogP contribution is -2.46. The molecular formula is C82H153N2O6P. The minimum atomic E-state index is -4.59. The van der Waals surface area contributed by atoms with Crippen LogP contribution < -0.4 is 10.2 Å². The van der Waals surface area contributed by atoms with E-state index in [-0.39, 0.29) is 19.1 Å². The summed E-state index contributed by atoms with van der Waals surface area (Å²) in [7, 11) is 1.31. The van der Waals surface area contributed by atoms with Gasteiger partial charge in [-0.05, 0) is 70.6 Å². The summed E-state index contributed by atoms with van der Waals surface area (Å²) in [6.07, 6.45) is 103. The number of aliphatic hydroxyl groups excluding tert-OH is 1. The van der Waals surface area contributed by atoms with Crippen molar-refractivity contribution in [1.82, 2.24) is 5.32 Å². The Labute approximate surface area is 567 Å². The quantitative estimate of drug-likeness (QED) is 0.0272. The highest BCUT2D eigenvalue weighted by Gasteiger charge is 2.24. The monoisotopic (exact) mass is 1290 g/mol. The van der Waals surface area contributed by atoms with Gasteiger partial charge in [0, 0.05) is 6.42 Å². The number of amides is 1. The molecule has 0 aromatic carbocycles. The van der Waals surface area contributed by atoms with Gasteiger partial charge in [-0.15, -0.1) is 0 Å². The van der Waals surface area contributed by atoms with Crippen molar-refractivity contribution in [2.24, 2.45) is 0 Å². The molecule has 0 fully saturated rings. The summed E-state index contributed by atoms with van der Waals surface area (Å²) in [6.45, 7) is 4.66. The number of phosphoric ester groups is 1. The molecule has 0 aliphatic carbocycles. The molecule has 0 radical (unpaired) electrons. The van der Waals surface area contributed by atoms with Crippen LogP contribution in [0, 0.1) is 0 Å². The Morgan fingerprint density at radius 1 is 0.396 bits per heavy atom. The fourth-order valence-electron chi connectivity index (χ4n) is 11.9. The number of aliphatic hydroxyl groups is 1. The topological polar surface area (TPSA) is 108 Å². The molecule has 1 amide bonds. The van der Waals surface area contributed by atoms with Crippen molar-refractivity contribution < 1.29 is 32.9 Å². The number of phosphoric acid groups is 1. The number of hydrogen-bond acceptors (Lipinski definition) is 6. The summed E-state index contributed by atoms with van der Waals surface area (Å²) in [5, 5.41) is 14.1. The second-order valence-corrected chi connectivity index (χ2v) is 29.5. The minimum Gasteiger partial charge on any atom is -0.756 e. The van der Waals surface area contributed by atoms with E-state index >= 15 is 0 Å². The van der Waals surface area contributed by atoms with Crippen LogP contribution in [0.4, 0.5) is 0 Å². The van der Waals surface area contributed by atoms with E-state index in [1.54, 1.807) is 0 Å². The Bertz CT molecular complexity index is 1760. The number of carbonyl (C=O) groups excluding carboxylic acids is 1. The number of rotatable bonds is 73. The molecule has 0 saturated carbocycles. The second kappa shape index (κ2) is 72.0. The summed E-state index contributed by atoms with van der Waals surface area (Å²) in [5.41, 5.74) is 0. The van der Waals surface area contributed by atoms with Gasteiger partial charge in [0.25, 0.3) is 7.82 Å². The molecule has 0 saturated heterocycles. The van der Waals surface area contributed by atoms with Crippen molar-refractivity contribution in [3.8, 4) is 0 Å². The van der Waals surface area contributed by atoms with Gasteiger partial charge in [0.2, 0.25) is 5.91 Å². The molecule has 0 spiro atoms. The van der Waals surface area contributed by atoms with Crippen LogP contribution in [0.5, 0.6) is 0 Å². The van der Waals surface area contributed by atoms with Crippen LogP contribution in [0.25, 0.3) is 0 Å². The zero-order valence-corrected chi connectivity index (χ0v) is 61.9. The van der Waals surface area contributed by atoms with Gasteiger partial charge in [-0.3, -0.25) is 9.36 Å². The summed E-state index contributed by atoms with van der Waals surface area (Å²) in [5.74, 6) is -0.161. The van der Waals surface area contributed by atoms with Crippen molar-refractivity contribution in [3.63, 3.8) is 0 Å². The average molecular weight is 1290 g/mol. The Balaban J connectivity index is 3.97. The first-order valence-electron chi connectivity index (χ1n) is 39.4. The van der Waals surface area contributed by atoms with Crippen LogP contribution in [0.15, 0.2) is 85.1 Å². The highest BCUT2D eigenvalue weighted by molar-refractivity contribution is 7.45. The van der Waals surface area contributed by atoms with Crippen molar-refractivity contribution in [2.45, 2.75) is 392 Å². The van der Waals surface area contributed by atoms with Crippen molar-refractivity contribution in [2.75, 3.05) is 40.9 Å². The normalized spacial score (nSPS) is 14.0. The summed E-state index contributed by atoms with van der Waals surface area (Å²) in [6, 6.07) is -0.807. The molecule has 9 heteroatoms. The van der Waals surface area contributed by atoms with Gasteiger partial charge in [-0.1, -0.05) is 388 Å². The number of quaternary nitrogens is 1. The Hall–Kier alpha value is -2.32. The van der Waals surface area contributed by atoms with Gasteiger partial charge < -0.3 is 28.8 Å². The number of unbranched alkanes of at least 4 members (excludes halogenated alkanes) is 46. The van der Waals surface area contributed by atoms with E-state index in [0.29, 0.717) is 23.9 Å². The van der Waals surface area contributed by atoms with Gasteiger partial charge in [-0.2, -0.15) is 0 Å². The predicted molar refractivity (Wildman–Crippen MR) is 399 cm³/mol. The van der Waals surface area contributed by atoms with Gasteiger partial charge in [0.1, 0.15) is 13.2 Å². The van der Waals surface area contributed by atoms with Gasteiger partial charge in [0.15, 0.2) is 0 Å². The van der Waals surface area contributed by atoms with Crippen LogP contribution >= 0.6 is 7.82 Å². The fourth-order valence-corrected chi connectivity index (χ4v) is 12.6. The molecule has 0 rings (SSSR count). The lowest BCUT2D eigenvalue weighted by molar-refractivity contribution is -0.870. The van der Waals surface area contributed by atoms with Crippen molar-refractivity contribution >= 4 is 13.7 Å². The molecule has 0 aromatic rings. The minimum absolute atomic E-state index is 0.0111. The highest BCUT2D eigenvalue weighted by Crippen LogP contribution is 2.38. The van der Waals surface area contributed by atoms with E-state index in [0.717, 1.165) is 83.5 Å². The summed E-state index contributed by atoms with van der Waals surface area (Å²) in [4.78, 5) is 25.7. The zero-order valence-electron chi connectivity index (χ0n) is 61.0. The van der Waals surface area contributed by atoms with Crippen molar-refractivity contribution in [1.29, 1.82) is 0 Å². The first kappa shape index (κ1) is 88.7. The molecule has 8 nitrogen and oxygen atoms in total.